The van der Waals surface area contributed by atoms with Gasteiger partial charge in [-0.1, -0.05) is 0 Å². The number of hydrogen-bond acceptors (Lipinski definition) is 9. The SMILES string of the molecule is COc1ccc(Oc2cc(NC(=O)CCn3cc([N+](=O)[O-])c(OC)n3)cc([N+](=O)[O-])c2)cc1. The monoisotopic (exact) mass is 457 g/mol. The van der Waals surface area contributed by atoms with Gasteiger partial charge in [-0.15, -0.1) is 5.10 Å². The van der Waals surface area contributed by atoms with Gasteiger partial charge in [-0.05, 0) is 24.3 Å². The molecule has 1 N–H and O–H groups in total. The van der Waals surface area contributed by atoms with E-state index < -0.39 is 15.8 Å². The van der Waals surface area contributed by atoms with Crippen molar-refractivity contribution in [2.75, 3.05) is 19.5 Å². The first-order chi connectivity index (χ1) is 15.8. The summed E-state index contributed by atoms with van der Waals surface area (Å²) in [5, 5.41) is 28.7. The molecule has 3 rings (SSSR count). The van der Waals surface area contributed by atoms with E-state index in [1.54, 1.807) is 24.3 Å². The summed E-state index contributed by atoms with van der Waals surface area (Å²) >= 11 is 0. The second kappa shape index (κ2) is 10.1. The van der Waals surface area contributed by atoms with Gasteiger partial charge in [-0.3, -0.25) is 29.7 Å². The second-order valence-electron chi connectivity index (χ2n) is 6.59. The minimum atomic E-state index is -0.643. The predicted molar refractivity (Wildman–Crippen MR) is 115 cm³/mol. The number of rotatable bonds is 10. The fourth-order valence-corrected chi connectivity index (χ4v) is 2.82. The Hall–Kier alpha value is -4.68. The van der Waals surface area contributed by atoms with Gasteiger partial charge >= 0.3 is 11.6 Å². The summed E-state index contributed by atoms with van der Waals surface area (Å²) in [5.41, 5.74) is -0.442. The zero-order valence-electron chi connectivity index (χ0n) is 17.6. The first-order valence-electron chi connectivity index (χ1n) is 9.46. The molecule has 1 heterocycles. The largest absolute Gasteiger partial charge is 0.497 e. The number of carbonyl (C=O) groups excluding carboxylic acids is 1. The number of aryl methyl sites for hydroxylation is 1. The molecule has 13 nitrogen and oxygen atoms in total. The Morgan fingerprint density at radius 1 is 1.00 bits per heavy atom. The van der Waals surface area contributed by atoms with Crippen molar-refractivity contribution in [1.82, 2.24) is 9.78 Å². The molecule has 172 valence electrons. The van der Waals surface area contributed by atoms with Crippen LogP contribution in [-0.2, 0) is 11.3 Å². The maximum Gasteiger partial charge on any atom is 0.350 e. The lowest BCUT2D eigenvalue weighted by atomic mass is 10.2. The molecule has 33 heavy (non-hydrogen) atoms. The van der Waals surface area contributed by atoms with Crippen molar-refractivity contribution < 1.29 is 28.9 Å². The summed E-state index contributed by atoms with van der Waals surface area (Å²) in [5.74, 6) is 0.539. The summed E-state index contributed by atoms with van der Waals surface area (Å²) in [6.45, 7) is 0.0279. The Bertz CT molecular complexity index is 1180. The number of anilines is 1. The molecule has 1 aromatic heterocycles. The first kappa shape index (κ1) is 23.0. The van der Waals surface area contributed by atoms with Gasteiger partial charge in [-0.2, -0.15) is 0 Å². The number of carbonyl (C=O) groups is 1. The van der Waals surface area contributed by atoms with E-state index in [0.29, 0.717) is 11.5 Å². The molecule has 0 saturated carbocycles. The third-order valence-electron chi connectivity index (χ3n) is 4.35. The average molecular weight is 457 g/mol. The van der Waals surface area contributed by atoms with Gasteiger partial charge in [0.15, 0.2) is 0 Å². The van der Waals surface area contributed by atoms with Gasteiger partial charge in [0, 0.05) is 18.6 Å². The van der Waals surface area contributed by atoms with Crippen molar-refractivity contribution in [3.8, 4) is 23.1 Å². The molecule has 3 aromatic rings. The quantitative estimate of drug-likeness (QED) is 0.354. The van der Waals surface area contributed by atoms with Crippen LogP contribution in [0.25, 0.3) is 0 Å². The van der Waals surface area contributed by atoms with Crippen LogP contribution in [0.1, 0.15) is 6.42 Å². The van der Waals surface area contributed by atoms with Crippen LogP contribution in [0.4, 0.5) is 17.1 Å². The Kier molecular flexibility index (Phi) is 7.03. The fraction of sp³-hybridized carbons (Fsp3) is 0.200. The number of hydrogen-bond donors (Lipinski definition) is 1. The van der Waals surface area contributed by atoms with Crippen LogP contribution < -0.4 is 19.5 Å². The van der Waals surface area contributed by atoms with Crippen molar-refractivity contribution in [2.45, 2.75) is 13.0 Å². The minimum Gasteiger partial charge on any atom is -0.497 e. The van der Waals surface area contributed by atoms with E-state index in [4.69, 9.17) is 14.2 Å². The molecule has 13 heteroatoms. The third-order valence-corrected chi connectivity index (χ3v) is 4.35. The highest BCUT2D eigenvalue weighted by molar-refractivity contribution is 5.91. The van der Waals surface area contributed by atoms with Gasteiger partial charge < -0.3 is 19.5 Å². The third kappa shape index (κ3) is 5.94. The van der Waals surface area contributed by atoms with Crippen molar-refractivity contribution in [3.63, 3.8) is 0 Å². The molecule has 0 bridgehead atoms. The second-order valence-corrected chi connectivity index (χ2v) is 6.59. The Balaban J connectivity index is 1.70. The lowest BCUT2D eigenvalue weighted by Gasteiger charge is -2.10. The van der Waals surface area contributed by atoms with Gasteiger partial charge in [-0.25, -0.2) is 0 Å². The lowest BCUT2D eigenvalue weighted by Crippen LogP contribution is -2.15. The van der Waals surface area contributed by atoms with Crippen molar-refractivity contribution in [2.24, 2.45) is 0 Å². The molecule has 0 spiro atoms. The van der Waals surface area contributed by atoms with Crippen LogP contribution in [0.2, 0.25) is 0 Å². The molecule has 0 radical (unpaired) electrons. The Morgan fingerprint density at radius 2 is 1.70 bits per heavy atom. The Labute approximate surface area is 186 Å². The normalized spacial score (nSPS) is 10.4. The average Bonchev–Trinajstić information content (AvgIpc) is 3.22. The Morgan fingerprint density at radius 3 is 2.27 bits per heavy atom. The maximum absolute atomic E-state index is 12.4. The van der Waals surface area contributed by atoms with E-state index in [2.05, 4.69) is 10.4 Å². The summed E-state index contributed by atoms with van der Waals surface area (Å²) in [6, 6.07) is 10.5. The van der Waals surface area contributed by atoms with Crippen LogP contribution >= 0.6 is 0 Å². The van der Waals surface area contributed by atoms with E-state index in [1.165, 1.54) is 37.1 Å². The highest BCUT2D eigenvalue weighted by Gasteiger charge is 2.20. The molecule has 0 aliphatic carbocycles. The standard InChI is InChI=1S/C20H19N5O8/c1-31-15-3-5-16(6-4-15)33-17-10-13(9-14(11-17)24(27)28)21-19(26)7-8-23-12-18(25(29)30)20(22-23)32-2/h3-6,9-12H,7-8H2,1-2H3,(H,21,26). The lowest BCUT2D eigenvalue weighted by molar-refractivity contribution is -0.385. The van der Waals surface area contributed by atoms with E-state index >= 15 is 0 Å². The molecule has 2 aromatic carbocycles. The summed E-state index contributed by atoms with van der Waals surface area (Å²) in [7, 11) is 2.77. The number of amides is 1. The van der Waals surface area contributed by atoms with E-state index in [1.807, 2.05) is 0 Å². The van der Waals surface area contributed by atoms with Gasteiger partial charge in [0.2, 0.25) is 5.91 Å². The van der Waals surface area contributed by atoms with Gasteiger partial charge in [0.1, 0.15) is 23.4 Å². The van der Waals surface area contributed by atoms with Gasteiger partial charge in [0.05, 0.1) is 42.4 Å². The number of ether oxygens (including phenoxy) is 3. The molecule has 0 aliphatic heterocycles. The van der Waals surface area contributed by atoms with Crippen molar-refractivity contribution in [1.29, 1.82) is 0 Å². The molecule has 0 atom stereocenters. The van der Waals surface area contributed by atoms with E-state index in [-0.39, 0.29) is 41.7 Å². The highest BCUT2D eigenvalue weighted by Crippen LogP contribution is 2.30. The van der Waals surface area contributed by atoms with Crippen LogP contribution in [0, 0.1) is 20.2 Å². The molecule has 0 saturated heterocycles. The molecule has 0 unspecified atom stereocenters. The van der Waals surface area contributed by atoms with E-state index in [0.717, 1.165) is 6.20 Å². The molecule has 1 amide bonds. The first-order valence-corrected chi connectivity index (χ1v) is 9.46. The zero-order valence-corrected chi connectivity index (χ0v) is 17.6. The number of non-ortho nitro benzene ring substituents is 1. The molecule has 0 aliphatic rings. The van der Waals surface area contributed by atoms with E-state index in [9.17, 15) is 25.0 Å². The number of aromatic nitrogens is 2. The van der Waals surface area contributed by atoms with Crippen molar-refractivity contribution >= 4 is 23.0 Å². The number of methoxy groups -OCH3 is 2. The summed E-state index contributed by atoms with van der Waals surface area (Å²) in [4.78, 5) is 33.4. The van der Waals surface area contributed by atoms with Crippen LogP contribution in [0.15, 0.2) is 48.7 Å². The minimum absolute atomic E-state index is 0.0279. The number of benzene rings is 2. The maximum atomic E-state index is 12.4. The number of nitrogens with zero attached hydrogens (tertiary/aromatic N) is 4. The van der Waals surface area contributed by atoms with Crippen LogP contribution in [0.5, 0.6) is 23.1 Å². The molecular weight excluding hydrogens is 438 g/mol. The fourth-order valence-electron chi connectivity index (χ4n) is 2.82. The van der Waals surface area contributed by atoms with Crippen molar-refractivity contribution in [3.05, 3.63) is 68.9 Å². The topological polar surface area (TPSA) is 161 Å². The van der Waals surface area contributed by atoms with Crippen LogP contribution in [0.3, 0.4) is 0 Å². The van der Waals surface area contributed by atoms with Gasteiger partial charge in [0.25, 0.3) is 5.69 Å². The zero-order chi connectivity index (χ0) is 24.0. The number of nitro groups is 2. The predicted octanol–water partition coefficient (Wildman–Crippen LogP) is 3.54. The number of nitrogens with one attached hydrogen (secondary N) is 1. The summed E-state index contributed by atoms with van der Waals surface area (Å²) in [6.07, 6.45) is 1.06. The molecule has 0 fully saturated rings. The van der Waals surface area contributed by atoms with Crippen LogP contribution in [-0.4, -0.2) is 39.8 Å². The smallest absolute Gasteiger partial charge is 0.350 e. The highest BCUT2D eigenvalue weighted by atomic mass is 16.6. The number of nitro benzene ring substituents is 1. The summed E-state index contributed by atoms with van der Waals surface area (Å²) < 4.78 is 16.8. The molecular formula is C20H19N5O8.